The topological polar surface area (TPSA) is 78.4 Å². The molecule has 0 aromatic heterocycles. The second-order valence-corrected chi connectivity index (χ2v) is 8.46. The standard InChI is InChI=1S/C20H41N5O3.HI/c1-20(2,3)28-19(26)25-12-7-9-17(16-25)15-23-18(21-4)22-10-13-24(5)11-8-14-27-6;/h17H,7-16H2,1-6H3,(H2,21,22,23);1H. The van der Waals surface area contributed by atoms with Crippen LogP contribution >= 0.6 is 24.0 Å². The average Bonchev–Trinajstić information content (AvgIpc) is 2.63. The van der Waals surface area contributed by atoms with Crippen LogP contribution in [0, 0.1) is 5.92 Å². The Kier molecular flexibility index (Phi) is 14.6. The van der Waals surface area contributed by atoms with Gasteiger partial charge >= 0.3 is 6.09 Å². The normalized spacial score (nSPS) is 17.7. The number of likely N-dealkylation sites (tertiary alicyclic amines) is 1. The molecule has 8 nitrogen and oxygen atoms in total. The zero-order valence-corrected chi connectivity index (χ0v) is 21.5. The van der Waals surface area contributed by atoms with Gasteiger partial charge in [-0.3, -0.25) is 4.99 Å². The van der Waals surface area contributed by atoms with Crippen LogP contribution in [0.3, 0.4) is 0 Å². The van der Waals surface area contributed by atoms with Crippen LogP contribution in [0.25, 0.3) is 0 Å². The van der Waals surface area contributed by atoms with E-state index in [2.05, 4.69) is 27.6 Å². The summed E-state index contributed by atoms with van der Waals surface area (Å²) in [4.78, 5) is 20.7. The van der Waals surface area contributed by atoms with Crippen LogP contribution in [0.4, 0.5) is 4.79 Å². The van der Waals surface area contributed by atoms with Gasteiger partial charge in [0.05, 0.1) is 0 Å². The quantitative estimate of drug-likeness (QED) is 0.208. The van der Waals surface area contributed by atoms with Crippen molar-refractivity contribution >= 4 is 36.0 Å². The molecule has 1 atom stereocenters. The van der Waals surface area contributed by atoms with Crippen LogP contribution < -0.4 is 10.6 Å². The molecule has 29 heavy (non-hydrogen) atoms. The lowest BCUT2D eigenvalue weighted by Gasteiger charge is -2.34. The van der Waals surface area contributed by atoms with Gasteiger partial charge in [0.2, 0.25) is 0 Å². The van der Waals surface area contributed by atoms with Gasteiger partial charge in [-0.1, -0.05) is 0 Å². The average molecular weight is 527 g/mol. The van der Waals surface area contributed by atoms with E-state index in [1.165, 1.54) is 0 Å². The summed E-state index contributed by atoms with van der Waals surface area (Å²) in [5.41, 5.74) is -0.453. The zero-order chi connectivity index (χ0) is 21.0. The van der Waals surface area contributed by atoms with Crippen LogP contribution in [-0.4, -0.2) is 94.5 Å². The van der Waals surface area contributed by atoms with Gasteiger partial charge in [0.1, 0.15) is 5.60 Å². The Morgan fingerprint density at radius 2 is 2.00 bits per heavy atom. The van der Waals surface area contributed by atoms with E-state index in [0.717, 1.165) is 71.1 Å². The molecule has 0 saturated carbocycles. The molecule has 2 N–H and O–H groups in total. The number of ether oxygens (including phenoxy) is 2. The predicted octanol–water partition coefficient (Wildman–Crippen LogP) is 2.38. The van der Waals surface area contributed by atoms with Gasteiger partial charge in [-0.2, -0.15) is 0 Å². The molecule has 0 spiro atoms. The Morgan fingerprint density at radius 1 is 1.28 bits per heavy atom. The van der Waals surface area contributed by atoms with Crippen molar-refractivity contribution < 1.29 is 14.3 Å². The third kappa shape index (κ3) is 13.2. The first-order valence-electron chi connectivity index (χ1n) is 10.3. The van der Waals surface area contributed by atoms with Crippen molar-refractivity contribution in [2.75, 3.05) is 67.1 Å². The highest BCUT2D eigenvalue weighted by atomic mass is 127. The summed E-state index contributed by atoms with van der Waals surface area (Å²) < 4.78 is 10.6. The maximum absolute atomic E-state index is 12.3. The predicted molar refractivity (Wildman–Crippen MR) is 129 cm³/mol. The molecule has 1 amide bonds. The molecular formula is C20H42IN5O3. The summed E-state index contributed by atoms with van der Waals surface area (Å²) >= 11 is 0. The number of methoxy groups -OCH3 is 1. The second-order valence-electron chi connectivity index (χ2n) is 8.46. The molecule has 0 aliphatic carbocycles. The lowest BCUT2D eigenvalue weighted by Crippen LogP contribution is -2.47. The second kappa shape index (κ2) is 15.1. The number of guanidine groups is 1. The van der Waals surface area contributed by atoms with Gasteiger partial charge in [0.25, 0.3) is 0 Å². The summed E-state index contributed by atoms with van der Waals surface area (Å²) in [6.07, 6.45) is 2.93. The van der Waals surface area contributed by atoms with E-state index in [0.29, 0.717) is 5.92 Å². The van der Waals surface area contributed by atoms with Crippen molar-refractivity contribution in [1.29, 1.82) is 0 Å². The fraction of sp³-hybridized carbons (Fsp3) is 0.900. The minimum absolute atomic E-state index is 0. The van der Waals surface area contributed by atoms with Crippen molar-refractivity contribution in [2.24, 2.45) is 10.9 Å². The molecule has 1 fully saturated rings. The van der Waals surface area contributed by atoms with Crippen molar-refractivity contribution in [3.63, 3.8) is 0 Å². The third-order valence-corrected chi connectivity index (χ3v) is 4.63. The number of carbonyl (C=O) groups is 1. The van der Waals surface area contributed by atoms with Crippen LogP contribution in [0.15, 0.2) is 4.99 Å². The SMILES string of the molecule is CN=C(NCCN(C)CCCOC)NCC1CCCN(C(=O)OC(C)(C)C)C1.I. The number of likely N-dealkylation sites (N-methyl/N-ethyl adjacent to an activating group) is 1. The van der Waals surface area contributed by atoms with E-state index >= 15 is 0 Å². The Bertz CT molecular complexity index is 485. The number of aliphatic imine (C=N–C) groups is 1. The Labute approximate surface area is 194 Å². The van der Waals surface area contributed by atoms with Crippen LogP contribution in [0.2, 0.25) is 0 Å². The Balaban J connectivity index is 0.00000784. The number of hydrogen-bond donors (Lipinski definition) is 2. The number of nitrogens with zero attached hydrogens (tertiary/aromatic N) is 3. The molecule has 0 aromatic carbocycles. The summed E-state index contributed by atoms with van der Waals surface area (Å²) in [6, 6.07) is 0. The van der Waals surface area contributed by atoms with Gasteiger partial charge in [-0.25, -0.2) is 4.79 Å². The summed E-state index contributed by atoms with van der Waals surface area (Å²) in [5, 5.41) is 6.75. The molecule has 1 saturated heterocycles. The Morgan fingerprint density at radius 3 is 2.62 bits per heavy atom. The highest BCUT2D eigenvalue weighted by Crippen LogP contribution is 2.18. The Hall–Kier alpha value is -0.810. The number of rotatable bonds is 9. The number of halogens is 1. The monoisotopic (exact) mass is 527 g/mol. The fourth-order valence-corrected chi connectivity index (χ4v) is 3.14. The lowest BCUT2D eigenvalue weighted by molar-refractivity contribution is 0.0168. The molecular weight excluding hydrogens is 485 g/mol. The van der Waals surface area contributed by atoms with Crippen molar-refractivity contribution in [3.8, 4) is 0 Å². The third-order valence-electron chi connectivity index (χ3n) is 4.63. The van der Waals surface area contributed by atoms with Crippen molar-refractivity contribution in [3.05, 3.63) is 0 Å². The van der Waals surface area contributed by atoms with E-state index < -0.39 is 5.60 Å². The van der Waals surface area contributed by atoms with E-state index in [1.54, 1.807) is 14.2 Å². The maximum atomic E-state index is 12.3. The minimum Gasteiger partial charge on any atom is -0.444 e. The van der Waals surface area contributed by atoms with Gasteiger partial charge in [0, 0.05) is 60.0 Å². The molecule has 0 bridgehead atoms. The zero-order valence-electron chi connectivity index (χ0n) is 19.1. The summed E-state index contributed by atoms with van der Waals surface area (Å²) in [7, 11) is 5.63. The largest absolute Gasteiger partial charge is 0.444 e. The van der Waals surface area contributed by atoms with E-state index in [4.69, 9.17) is 9.47 Å². The smallest absolute Gasteiger partial charge is 0.410 e. The van der Waals surface area contributed by atoms with Gasteiger partial charge in [-0.15, -0.1) is 24.0 Å². The molecule has 172 valence electrons. The highest BCUT2D eigenvalue weighted by Gasteiger charge is 2.27. The molecule has 1 aliphatic rings. The summed E-state index contributed by atoms with van der Waals surface area (Å²) in [6.45, 7) is 11.6. The van der Waals surface area contributed by atoms with Gasteiger partial charge in [-0.05, 0) is 53.0 Å². The highest BCUT2D eigenvalue weighted by molar-refractivity contribution is 14.0. The molecule has 0 aromatic rings. The van der Waals surface area contributed by atoms with Gasteiger partial charge in [0.15, 0.2) is 5.96 Å². The van der Waals surface area contributed by atoms with Gasteiger partial charge < -0.3 is 29.9 Å². The molecule has 1 heterocycles. The molecule has 1 rings (SSSR count). The van der Waals surface area contributed by atoms with Crippen LogP contribution in [0.1, 0.15) is 40.0 Å². The summed E-state index contributed by atoms with van der Waals surface area (Å²) in [5.74, 6) is 1.20. The van der Waals surface area contributed by atoms with E-state index in [1.807, 2.05) is 25.7 Å². The molecule has 1 aliphatic heterocycles. The number of hydrogen-bond acceptors (Lipinski definition) is 5. The maximum Gasteiger partial charge on any atom is 0.410 e. The van der Waals surface area contributed by atoms with Crippen LogP contribution in [0.5, 0.6) is 0 Å². The minimum atomic E-state index is -0.453. The number of piperidine rings is 1. The number of amides is 1. The van der Waals surface area contributed by atoms with Crippen molar-refractivity contribution in [2.45, 2.75) is 45.6 Å². The first-order chi connectivity index (χ1) is 13.2. The number of nitrogens with one attached hydrogen (secondary N) is 2. The lowest BCUT2D eigenvalue weighted by atomic mass is 9.98. The van der Waals surface area contributed by atoms with Crippen molar-refractivity contribution in [1.82, 2.24) is 20.4 Å². The van der Waals surface area contributed by atoms with E-state index in [-0.39, 0.29) is 30.1 Å². The van der Waals surface area contributed by atoms with E-state index in [9.17, 15) is 4.79 Å². The molecule has 9 heteroatoms. The van der Waals surface area contributed by atoms with Crippen LogP contribution in [-0.2, 0) is 9.47 Å². The molecule has 0 radical (unpaired) electrons. The fourth-order valence-electron chi connectivity index (χ4n) is 3.14. The first kappa shape index (κ1) is 28.2. The molecule has 1 unspecified atom stereocenters. The number of carbonyl (C=O) groups excluding carboxylic acids is 1. The first-order valence-corrected chi connectivity index (χ1v) is 10.3.